The van der Waals surface area contributed by atoms with E-state index in [2.05, 4.69) is 20.7 Å². The summed E-state index contributed by atoms with van der Waals surface area (Å²) in [6, 6.07) is 1.80. The van der Waals surface area contributed by atoms with Gasteiger partial charge in [-0.2, -0.15) is 4.98 Å². The molecule has 0 unspecified atom stereocenters. The first-order valence-electron chi connectivity index (χ1n) is 4.89. The van der Waals surface area contributed by atoms with Crippen LogP contribution in [0.25, 0.3) is 0 Å². The van der Waals surface area contributed by atoms with Crippen LogP contribution in [0.2, 0.25) is 0 Å². The Morgan fingerprint density at radius 1 is 1.47 bits per heavy atom. The van der Waals surface area contributed by atoms with Gasteiger partial charge < -0.3 is 10.1 Å². The molecule has 0 spiro atoms. The van der Waals surface area contributed by atoms with Crippen LogP contribution in [0.15, 0.2) is 12.3 Å². The van der Waals surface area contributed by atoms with Gasteiger partial charge in [-0.3, -0.25) is 5.43 Å². The number of hydrazine groups is 1. The predicted octanol–water partition coefficient (Wildman–Crippen LogP) is 0.601. The maximum absolute atomic E-state index is 5.19. The number of hydrogen-bond donors (Lipinski definition) is 3. The van der Waals surface area contributed by atoms with E-state index < -0.39 is 0 Å². The summed E-state index contributed by atoms with van der Waals surface area (Å²) in [7, 11) is 1.71. The van der Waals surface area contributed by atoms with Crippen molar-refractivity contribution in [3.8, 4) is 0 Å². The molecule has 0 amide bonds. The summed E-state index contributed by atoms with van der Waals surface area (Å²) in [6.07, 6.45) is 3.74. The van der Waals surface area contributed by atoms with Crippen molar-refractivity contribution >= 4 is 11.8 Å². The van der Waals surface area contributed by atoms with Gasteiger partial charge in [0, 0.05) is 26.5 Å². The Bertz CT molecular complexity index is 281. The van der Waals surface area contributed by atoms with Gasteiger partial charge in [0.2, 0.25) is 5.95 Å². The smallest absolute Gasteiger partial charge is 0.239 e. The quantitative estimate of drug-likeness (QED) is 0.348. The van der Waals surface area contributed by atoms with E-state index in [0.717, 1.165) is 31.8 Å². The van der Waals surface area contributed by atoms with Gasteiger partial charge in [0.25, 0.3) is 0 Å². The van der Waals surface area contributed by atoms with Gasteiger partial charge in [-0.1, -0.05) is 0 Å². The molecule has 1 rings (SSSR count). The first kappa shape index (κ1) is 11.7. The zero-order chi connectivity index (χ0) is 10.9. The van der Waals surface area contributed by atoms with Crippen molar-refractivity contribution in [1.82, 2.24) is 9.97 Å². The van der Waals surface area contributed by atoms with Crippen molar-refractivity contribution in [3.05, 3.63) is 12.3 Å². The van der Waals surface area contributed by atoms with Gasteiger partial charge >= 0.3 is 0 Å². The number of rotatable bonds is 7. The highest BCUT2D eigenvalue weighted by atomic mass is 16.5. The molecule has 0 saturated carbocycles. The molecule has 4 N–H and O–H groups in total. The number of nitrogens with zero attached hydrogens (tertiary/aromatic N) is 2. The van der Waals surface area contributed by atoms with Crippen LogP contribution in [0.1, 0.15) is 12.8 Å². The van der Waals surface area contributed by atoms with Crippen molar-refractivity contribution in [2.75, 3.05) is 31.0 Å². The van der Waals surface area contributed by atoms with E-state index in [4.69, 9.17) is 10.6 Å². The minimum absolute atomic E-state index is 0.414. The number of nitrogens with one attached hydrogen (secondary N) is 2. The summed E-state index contributed by atoms with van der Waals surface area (Å²) in [5.41, 5.74) is 2.40. The van der Waals surface area contributed by atoms with Crippen molar-refractivity contribution in [2.24, 2.45) is 5.84 Å². The molecule has 0 bridgehead atoms. The molecule has 15 heavy (non-hydrogen) atoms. The van der Waals surface area contributed by atoms with Crippen LogP contribution in [0.3, 0.4) is 0 Å². The van der Waals surface area contributed by atoms with Crippen molar-refractivity contribution in [2.45, 2.75) is 12.8 Å². The normalized spacial score (nSPS) is 10.0. The SMILES string of the molecule is COCCCCNc1ccnc(NN)n1. The molecule has 0 aliphatic rings. The maximum atomic E-state index is 5.19. The van der Waals surface area contributed by atoms with Crippen LogP contribution in [0, 0.1) is 0 Å². The van der Waals surface area contributed by atoms with Gasteiger partial charge in [-0.05, 0) is 18.9 Å². The second-order valence-corrected chi connectivity index (χ2v) is 3.04. The Hall–Kier alpha value is -1.40. The molecular formula is C9H17N5O. The van der Waals surface area contributed by atoms with E-state index in [-0.39, 0.29) is 0 Å². The van der Waals surface area contributed by atoms with E-state index >= 15 is 0 Å². The topological polar surface area (TPSA) is 85.1 Å². The van der Waals surface area contributed by atoms with E-state index in [1.807, 2.05) is 0 Å². The Kier molecular flexibility index (Phi) is 5.42. The Morgan fingerprint density at radius 2 is 2.33 bits per heavy atom. The highest BCUT2D eigenvalue weighted by Gasteiger charge is 1.96. The lowest BCUT2D eigenvalue weighted by Gasteiger charge is -2.05. The monoisotopic (exact) mass is 211 g/mol. The highest BCUT2D eigenvalue weighted by molar-refractivity contribution is 5.38. The lowest BCUT2D eigenvalue weighted by molar-refractivity contribution is 0.194. The highest BCUT2D eigenvalue weighted by Crippen LogP contribution is 2.04. The minimum atomic E-state index is 0.414. The van der Waals surface area contributed by atoms with Gasteiger partial charge in [0.15, 0.2) is 0 Å². The van der Waals surface area contributed by atoms with E-state index in [9.17, 15) is 0 Å². The fourth-order valence-electron chi connectivity index (χ4n) is 1.11. The average Bonchev–Trinajstić information content (AvgIpc) is 2.29. The molecule has 0 aliphatic heterocycles. The zero-order valence-electron chi connectivity index (χ0n) is 8.86. The summed E-state index contributed by atoms with van der Waals surface area (Å²) in [6.45, 7) is 1.66. The van der Waals surface area contributed by atoms with Gasteiger partial charge in [0.1, 0.15) is 5.82 Å². The van der Waals surface area contributed by atoms with E-state index in [1.54, 1.807) is 19.4 Å². The summed E-state index contributed by atoms with van der Waals surface area (Å²) in [5.74, 6) is 6.38. The standard InChI is InChI=1S/C9H17N5O/c1-15-7-3-2-5-11-8-4-6-12-9(13-8)14-10/h4,6H,2-3,5,7,10H2,1H3,(H2,11,12,13,14). The first-order chi connectivity index (χ1) is 7.36. The lowest BCUT2D eigenvalue weighted by Crippen LogP contribution is -2.12. The lowest BCUT2D eigenvalue weighted by atomic mass is 10.3. The molecule has 1 aromatic heterocycles. The molecule has 6 nitrogen and oxygen atoms in total. The van der Waals surface area contributed by atoms with Gasteiger partial charge in [-0.25, -0.2) is 10.8 Å². The summed E-state index contributed by atoms with van der Waals surface area (Å²) >= 11 is 0. The van der Waals surface area contributed by atoms with Crippen LogP contribution in [0.5, 0.6) is 0 Å². The van der Waals surface area contributed by atoms with Crippen LogP contribution < -0.4 is 16.6 Å². The largest absolute Gasteiger partial charge is 0.385 e. The second kappa shape index (κ2) is 6.97. The van der Waals surface area contributed by atoms with Crippen LogP contribution in [-0.4, -0.2) is 30.2 Å². The van der Waals surface area contributed by atoms with E-state index in [0.29, 0.717) is 5.95 Å². The third-order valence-electron chi connectivity index (χ3n) is 1.87. The molecule has 84 valence electrons. The number of methoxy groups -OCH3 is 1. The Morgan fingerprint density at radius 3 is 3.07 bits per heavy atom. The molecule has 6 heteroatoms. The zero-order valence-corrected chi connectivity index (χ0v) is 8.86. The average molecular weight is 211 g/mol. The van der Waals surface area contributed by atoms with Crippen molar-refractivity contribution < 1.29 is 4.74 Å². The van der Waals surface area contributed by atoms with Crippen molar-refractivity contribution in [3.63, 3.8) is 0 Å². The number of unbranched alkanes of at least 4 members (excludes halogenated alkanes) is 1. The molecule has 0 atom stereocenters. The molecule has 0 saturated heterocycles. The molecule has 0 aromatic carbocycles. The van der Waals surface area contributed by atoms with Gasteiger partial charge in [-0.15, -0.1) is 0 Å². The van der Waals surface area contributed by atoms with Crippen LogP contribution in [0.4, 0.5) is 11.8 Å². The minimum Gasteiger partial charge on any atom is -0.385 e. The summed E-state index contributed by atoms with van der Waals surface area (Å²) in [5, 5.41) is 3.18. The number of ether oxygens (including phenoxy) is 1. The fraction of sp³-hybridized carbons (Fsp3) is 0.556. The molecule has 1 aromatic rings. The number of aromatic nitrogens is 2. The Labute approximate surface area is 89.2 Å². The molecular weight excluding hydrogens is 194 g/mol. The number of nitrogens with two attached hydrogens (primary N) is 1. The van der Waals surface area contributed by atoms with Crippen molar-refractivity contribution in [1.29, 1.82) is 0 Å². The third kappa shape index (κ3) is 4.57. The summed E-state index contributed by atoms with van der Waals surface area (Å²) < 4.78 is 4.95. The maximum Gasteiger partial charge on any atom is 0.239 e. The third-order valence-corrected chi connectivity index (χ3v) is 1.87. The molecule has 0 aliphatic carbocycles. The summed E-state index contributed by atoms with van der Waals surface area (Å²) in [4.78, 5) is 8.03. The fourth-order valence-corrected chi connectivity index (χ4v) is 1.11. The molecule has 0 radical (unpaired) electrons. The molecule has 0 fully saturated rings. The first-order valence-corrected chi connectivity index (χ1v) is 4.89. The second-order valence-electron chi connectivity index (χ2n) is 3.04. The predicted molar refractivity (Wildman–Crippen MR) is 59.4 cm³/mol. The number of nitrogen functional groups attached to an aromatic ring is 1. The van der Waals surface area contributed by atoms with Crippen LogP contribution >= 0.6 is 0 Å². The Balaban J connectivity index is 2.24. The molecule has 1 heterocycles. The van der Waals surface area contributed by atoms with Gasteiger partial charge in [0.05, 0.1) is 0 Å². The van der Waals surface area contributed by atoms with Crippen LogP contribution in [-0.2, 0) is 4.74 Å². The van der Waals surface area contributed by atoms with E-state index in [1.165, 1.54) is 0 Å². The number of hydrogen-bond acceptors (Lipinski definition) is 6. The number of anilines is 2.